The monoisotopic (exact) mass is 352 g/mol. The van der Waals surface area contributed by atoms with Crippen LogP contribution in [0.25, 0.3) is 0 Å². The Hall–Kier alpha value is -1.44. The molecule has 2 aliphatic rings. The second-order valence-electron chi connectivity index (χ2n) is 6.27. The van der Waals surface area contributed by atoms with E-state index in [0.717, 1.165) is 25.7 Å². The van der Waals surface area contributed by atoms with Crippen molar-refractivity contribution in [3.63, 3.8) is 0 Å². The topological polar surface area (TPSA) is 66.9 Å². The maximum Gasteiger partial charge on any atom is 0.253 e. The van der Waals surface area contributed by atoms with Gasteiger partial charge < -0.3 is 9.64 Å². The zero-order valence-corrected chi connectivity index (χ0v) is 14.8. The molecular formula is C17H24N2O4S. The second-order valence-corrected chi connectivity index (χ2v) is 8.16. The molecule has 1 unspecified atom stereocenters. The van der Waals surface area contributed by atoms with Crippen molar-refractivity contribution in [3.8, 4) is 0 Å². The summed E-state index contributed by atoms with van der Waals surface area (Å²) < 4.78 is 32.6. The predicted octanol–water partition coefficient (Wildman–Crippen LogP) is 2.00. The number of nitrogens with zero attached hydrogens (tertiary/aromatic N) is 2. The van der Waals surface area contributed by atoms with Gasteiger partial charge in [-0.2, -0.15) is 4.31 Å². The molecule has 3 rings (SSSR count). The minimum absolute atomic E-state index is 0.0754. The van der Waals surface area contributed by atoms with Crippen LogP contribution < -0.4 is 4.90 Å². The number of benzene rings is 1. The van der Waals surface area contributed by atoms with Crippen molar-refractivity contribution in [3.05, 3.63) is 24.3 Å². The van der Waals surface area contributed by atoms with E-state index in [1.165, 1.54) is 0 Å². The highest BCUT2D eigenvalue weighted by Crippen LogP contribution is 2.28. The fraction of sp³-hybridized carbons (Fsp3) is 0.588. The standard InChI is InChI=1S/C17H24N2O4S/c1-2-14-5-3-4-10-19(14)24(21,22)16-8-6-15(7-9-16)18-11-12-23-13-17(18)20/h6-9,14H,2-5,10-13H2,1H3. The Labute approximate surface area is 143 Å². The first-order valence-electron chi connectivity index (χ1n) is 8.54. The number of anilines is 1. The molecule has 2 saturated heterocycles. The molecule has 0 aromatic heterocycles. The van der Waals surface area contributed by atoms with Crippen molar-refractivity contribution in [2.75, 3.05) is 31.2 Å². The number of amides is 1. The zero-order valence-electron chi connectivity index (χ0n) is 14.0. The van der Waals surface area contributed by atoms with Gasteiger partial charge in [0.1, 0.15) is 6.61 Å². The Morgan fingerprint density at radius 2 is 1.92 bits per heavy atom. The van der Waals surface area contributed by atoms with Crippen LogP contribution in [0.2, 0.25) is 0 Å². The van der Waals surface area contributed by atoms with Crippen LogP contribution in [0.1, 0.15) is 32.6 Å². The van der Waals surface area contributed by atoms with Crippen LogP contribution in [-0.4, -0.2) is 51.0 Å². The molecule has 0 radical (unpaired) electrons. The molecule has 2 heterocycles. The minimum Gasteiger partial charge on any atom is -0.370 e. The highest BCUT2D eigenvalue weighted by atomic mass is 32.2. The Morgan fingerprint density at radius 1 is 1.17 bits per heavy atom. The number of morpholine rings is 1. The summed E-state index contributed by atoms with van der Waals surface area (Å²) in [7, 11) is -3.48. The van der Waals surface area contributed by atoms with Gasteiger partial charge in [0, 0.05) is 24.8 Å². The average molecular weight is 352 g/mol. The van der Waals surface area contributed by atoms with Gasteiger partial charge in [-0.3, -0.25) is 4.79 Å². The summed E-state index contributed by atoms with van der Waals surface area (Å²) in [5.41, 5.74) is 0.716. The molecule has 1 amide bonds. The van der Waals surface area contributed by atoms with Gasteiger partial charge in [-0.15, -0.1) is 0 Å². The van der Waals surface area contributed by atoms with Gasteiger partial charge >= 0.3 is 0 Å². The fourth-order valence-corrected chi connectivity index (χ4v) is 5.19. The number of hydrogen-bond acceptors (Lipinski definition) is 4. The number of carbonyl (C=O) groups is 1. The van der Waals surface area contributed by atoms with E-state index in [1.807, 2.05) is 6.92 Å². The Balaban J connectivity index is 1.82. The quantitative estimate of drug-likeness (QED) is 0.831. The Bertz CT molecular complexity index is 687. The zero-order chi connectivity index (χ0) is 17.2. The molecule has 132 valence electrons. The summed E-state index contributed by atoms with van der Waals surface area (Å²) in [4.78, 5) is 13.8. The minimum atomic E-state index is -3.48. The second kappa shape index (κ2) is 7.21. The molecule has 7 heteroatoms. The first-order valence-corrected chi connectivity index (χ1v) is 9.98. The van der Waals surface area contributed by atoms with Gasteiger partial charge in [-0.1, -0.05) is 13.3 Å². The molecule has 2 aliphatic heterocycles. The molecule has 0 N–H and O–H groups in total. The van der Waals surface area contributed by atoms with Crippen LogP contribution in [0, 0.1) is 0 Å². The summed E-state index contributed by atoms with van der Waals surface area (Å²) >= 11 is 0. The summed E-state index contributed by atoms with van der Waals surface area (Å²) in [5.74, 6) is -0.0982. The first-order chi connectivity index (χ1) is 11.5. The van der Waals surface area contributed by atoms with Gasteiger partial charge in [0.05, 0.1) is 11.5 Å². The molecular weight excluding hydrogens is 328 g/mol. The van der Waals surface area contributed by atoms with Crippen molar-refractivity contribution in [1.82, 2.24) is 4.31 Å². The normalized spacial score (nSPS) is 23.5. The molecule has 0 saturated carbocycles. The third-order valence-corrected chi connectivity index (χ3v) is 6.75. The van der Waals surface area contributed by atoms with Gasteiger partial charge in [0.2, 0.25) is 10.0 Å². The fourth-order valence-electron chi connectivity index (χ4n) is 3.42. The highest BCUT2D eigenvalue weighted by Gasteiger charge is 2.32. The van der Waals surface area contributed by atoms with E-state index in [2.05, 4.69) is 0 Å². The Kier molecular flexibility index (Phi) is 5.22. The van der Waals surface area contributed by atoms with Crippen molar-refractivity contribution in [2.45, 2.75) is 43.5 Å². The summed E-state index contributed by atoms with van der Waals surface area (Å²) in [6, 6.07) is 6.72. The van der Waals surface area contributed by atoms with Crippen molar-refractivity contribution < 1.29 is 17.9 Å². The smallest absolute Gasteiger partial charge is 0.253 e. The summed E-state index contributed by atoms with van der Waals surface area (Å²) in [5, 5.41) is 0. The molecule has 0 spiro atoms. The Morgan fingerprint density at radius 3 is 2.58 bits per heavy atom. The van der Waals surface area contributed by atoms with Crippen molar-refractivity contribution in [2.24, 2.45) is 0 Å². The number of piperidine rings is 1. The van der Waals surface area contributed by atoms with Gasteiger partial charge in [-0.05, 0) is 43.5 Å². The van der Waals surface area contributed by atoms with Gasteiger partial charge in [0.15, 0.2) is 0 Å². The van der Waals surface area contributed by atoms with Crippen LogP contribution >= 0.6 is 0 Å². The lowest BCUT2D eigenvalue weighted by atomic mass is 10.0. The third kappa shape index (κ3) is 3.34. The molecule has 1 aromatic rings. The molecule has 1 atom stereocenters. The third-order valence-electron chi connectivity index (χ3n) is 4.79. The van der Waals surface area contributed by atoms with Gasteiger partial charge in [-0.25, -0.2) is 8.42 Å². The maximum atomic E-state index is 12.9. The molecule has 6 nitrogen and oxygen atoms in total. The lowest BCUT2D eigenvalue weighted by Gasteiger charge is -2.34. The molecule has 2 fully saturated rings. The number of rotatable bonds is 4. The lowest BCUT2D eigenvalue weighted by Crippen LogP contribution is -2.43. The number of ether oxygens (including phenoxy) is 1. The molecule has 0 aliphatic carbocycles. The van der Waals surface area contributed by atoms with Crippen molar-refractivity contribution in [1.29, 1.82) is 0 Å². The van der Waals surface area contributed by atoms with E-state index in [0.29, 0.717) is 30.3 Å². The van der Waals surface area contributed by atoms with Crippen molar-refractivity contribution >= 4 is 21.6 Å². The van der Waals surface area contributed by atoms with E-state index in [1.54, 1.807) is 33.5 Å². The molecule has 1 aromatic carbocycles. The van der Waals surface area contributed by atoms with E-state index in [-0.39, 0.29) is 18.6 Å². The van der Waals surface area contributed by atoms with Crippen LogP contribution in [0.15, 0.2) is 29.2 Å². The van der Waals surface area contributed by atoms with Gasteiger partial charge in [0.25, 0.3) is 5.91 Å². The van der Waals surface area contributed by atoms with Crippen LogP contribution in [0.5, 0.6) is 0 Å². The molecule has 0 bridgehead atoms. The highest BCUT2D eigenvalue weighted by molar-refractivity contribution is 7.89. The van der Waals surface area contributed by atoms with Crippen LogP contribution in [0.3, 0.4) is 0 Å². The number of carbonyl (C=O) groups excluding carboxylic acids is 1. The lowest BCUT2D eigenvalue weighted by molar-refractivity contribution is -0.125. The largest absolute Gasteiger partial charge is 0.370 e. The summed E-state index contributed by atoms with van der Waals surface area (Å²) in [6.07, 6.45) is 3.76. The number of hydrogen-bond donors (Lipinski definition) is 0. The first kappa shape index (κ1) is 17.4. The predicted molar refractivity (Wildman–Crippen MR) is 91.4 cm³/mol. The average Bonchev–Trinajstić information content (AvgIpc) is 2.62. The molecule has 24 heavy (non-hydrogen) atoms. The van der Waals surface area contributed by atoms with E-state index >= 15 is 0 Å². The maximum absolute atomic E-state index is 12.9. The van der Waals surface area contributed by atoms with Crippen LogP contribution in [-0.2, 0) is 19.6 Å². The SMILES string of the molecule is CCC1CCCCN1S(=O)(=O)c1ccc(N2CCOCC2=O)cc1. The van der Waals surface area contributed by atoms with E-state index < -0.39 is 10.0 Å². The van der Waals surface area contributed by atoms with E-state index in [9.17, 15) is 13.2 Å². The van der Waals surface area contributed by atoms with E-state index in [4.69, 9.17) is 4.74 Å². The summed E-state index contributed by atoms with van der Waals surface area (Å²) in [6.45, 7) is 3.69. The number of sulfonamides is 1. The van der Waals surface area contributed by atoms with Crippen LogP contribution in [0.4, 0.5) is 5.69 Å².